The van der Waals surface area contributed by atoms with Gasteiger partial charge in [0.1, 0.15) is 24.4 Å². The van der Waals surface area contributed by atoms with Crippen molar-refractivity contribution in [1.82, 2.24) is 10.2 Å². The number of imide groups is 1. The summed E-state index contributed by atoms with van der Waals surface area (Å²) >= 11 is 0. The lowest BCUT2D eigenvalue weighted by Crippen LogP contribution is -2.56. The first kappa shape index (κ1) is 24.2. The Balaban J connectivity index is 2.16. The van der Waals surface area contributed by atoms with E-state index in [4.69, 9.17) is 14.2 Å². The molecule has 0 saturated carbocycles. The van der Waals surface area contributed by atoms with Crippen LogP contribution in [0.15, 0.2) is 30.3 Å². The number of nitrogens with zero attached hydrogens (tertiary/aromatic N) is 1. The number of ether oxygens (including phenoxy) is 3. The maximum Gasteiger partial charge on any atom is 0.417 e. The van der Waals surface area contributed by atoms with Crippen LogP contribution in [0, 0.1) is 5.92 Å². The van der Waals surface area contributed by atoms with Crippen molar-refractivity contribution in [3.63, 3.8) is 0 Å². The summed E-state index contributed by atoms with van der Waals surface area (Å²) in [5.74, 6) is -1.92. The Hall–Kier alpha value is -3.10. The first-order valence-corrected chi connectivity index (χ1v) is 10.1. The molecular formula is C22H30N2O7. The molecule has 3 amide bonds. The highest BCUT2D eigenvalue weighted by atomic mass is 16.6. The third-order valence-corrected chi connectivity index (χ3v) is 4.51. The Morgan fingerprint density at radius 1 is 1.16 bits per heavy atom. The van der Waals surface area contributed by atoms with Crippen LogP contribution in [0.5, 0.6) is 0 Å². The molecule has 2 rings (SSSR count). The van der Waals surface area contributed by atoms with Gasteiger partial charge in [-0.15, -0.1) is 0 Å². The summed E-state index contributed by atoms with van der Waals surface area (Å²) in [5.41, 5.74) is -0.00207. The number of alkyl carbamates (subject to hydrolysis) is 1. The summed E-state index contributed by atoms with van der Waals surface area (Å²) in [7, 11) is 0. The Morgan fingerprint density at radius 2 is 1.77 bits per heavy atom. The van der Waals surface area contributed by atoms with Crippen LogP contribution >= 0.6 is 0 Å². The van der Waals surface area contributed by atoms with Crippen LogP contribution in [0.1, 0.15) is 47.1 Å². The van der Waals surface area contributed by atoms with Gasteiger partial charge in [-0.05, 0) is 39.2 Å². The lowest BCUT2D eigenvalue weighted by molar-refractivity contribution is -0.154. The second-order valence-electron chi connectivity index (χ2n) is 8.70. The highest BCUT2D eigenvalue weighted by molar-refractivity contribution is 6.02. The van der Waals surface area contributed by atoms with Gasteiger partial charge in [0.25, 0.3) is 5.91 Å². The van der Waals surface area contributed by atoms with Crippen molar-refractivity contribution in [2.45, 2.75) is 71.9 Å². The topological polar surface area (TPSA) is 111 Å². The van der Waals surface area contributed by atoms with E-state index < -0.39 is 47.9 Å². The maximum atomic E-state index is 13.2. The molecule has 9 heteroatoms. The molecule has 1 fully saturated rings. The van der Waals surface area contributed by atoms with Crippen LogP contribution < -0.4 is 5.32 Å². The minimum Gasteiger partial charge on any atom is -0.459 e. The van der Waals surface area contributed by atoms with Gasteiger partial charge in [0.05, 0.1) is 0 Å². The van der Waals surface area contributed by atoms with Crippen molar-refractivity contribution in [3.8, 4) is 0 Å². The van der Waals surface area contributed by atoms with Crippen LogP contribution in [0.3, 0.4) is 0 Å². The third-order valence-electron chi connectivity index (χ3n) is 4.51. The molecule has 0 unspecified atom stereocenters. The minimum absolute atomic E-state index is 0.0110. The summed E-state index contributed by atoms with van der Waals surface area (Å²) in [6.45, 7) is 9.97. The van der Waals surface area contributed by atoms with Gasteiger partial charge in [-0.2, -0.15) is 0 Å². The number of carbonyl (C=O) groups excluding carboxylic acids is 4. The van der Waals surface area contributed by atoms with Gasteiger partial charge in [-0.3, -0.25) is 4.79 Å². The predicted molar refractivity (Wildman–Crippen MR) is 111 cm³/mol. The van der Waals surface area contributed by atoms with Crippen molar-refractivity contribution in [1.29, 1.82) is 0 Å². The summed E-state index contributed by atoms with van der Waals surface area (Å²) in [6.07, 6.45) is -2.66. The molecule has 9 nitrogen and oxygen atoms in total. The number of carbonyl (C=O) groups is 4. The molecule has 0 spiro atoms. The van der Waals surface area contributed by atoms with Crippen molar-refractivity contribution in [2.75, 3.05) is 0 Å². The number of cyclic esters (lactones) is 1. The molecular weight excluding hydrogens is 404 g/mol. The lowest BCUT2D eigenvalue weighted by Gasteiger charge is -2.28. The normalized spacial score (nSPS) is 19.6. The zero-order valence-electron chi connectivity index (χ0n) is 18.7. The third kappa shape index (κ3) is 6.44. The molecule has 1 N–H and O–H groups in total. The molecule has 170 valence electrons. The van der Waals surface area contributed by atoms with Gasteiger partial charge < -0.3 is 19.5 Å². The van der Waals surface area contributed by atoms with Crippen molar-refractivity contribution in [2.24, 2.45) is 5.92 Å². The smallest absolute Gasteiger partial charge is 0.417 e. The van der Waals surface area contributed by atoms with Gasteiger partial charge in [-0.1, -0.05) is 44.2 Å². The molecule has 1 saturated heterocycles. The number of amides is 3. The Labute approximate surface area is 182 Å². The fraction of sp³-hybridized carbons (Fsp3) is 0.545. The van der Waals surface area contributed by atoms with Crippen LogP contribution in [-0.2, 0) is 30.4 Å². The van der Waals surface area contributed by atoms with Gasteiger partial charge >= 0.3 is 18.2 Å². The SMILES string of the molecule is CC(C)[C@H](NC(=O)OC(C)(C)C)C(=O)N1C(=O)O[C@H](C)[C@H]1C(=O)OCc1ccccc1. The molecule has 1 aromatic rings. The highest BCUT2D eigenvalue weighted by Crippen LogP contribution is 2.24. The number of benzene rings is 1. The zero-order valence-corrected chi connectivity index (χ0v) is 18.7. The average Bonchev–Trinajstić information content (AvgIpc) is 2.96. The monoisotopic (exact) mass is 434 g/mol. The van der Waals surface area contributed by atoms with Crippen LogP contribution in [0.25, 0.3) is 0 Å². The molecule has 0 aromatic heterocycles. The minimum atomic E-state index is -1.26. The molecule has 1 aliphatic rings. The van der Waals surface area contributed by atoms with Crippen LogP contribution in [-0.4, -0.2) is 52.8 Å². The van der Waals surface area contributed by atoms with Crippen molar-refractivity contribution >= 4 is 24.1 Å². The molecule has 1 heterocycles. The number of rotatable bonds is 6. The van der Waals surface area contributed by atoms with Crippen LogP contribution in [0.4, 0.5) is 9.59 Å². The Kier molecular flexibility index (Phi) is 7.65. The van der Waals surface area contributed by atoms with E-state index in [1.165, 1.54) is 6.92 Å². The predicted octanol–water partition coefficient (Wildman–Crippen LogP) is 3.02. The second kappa shape index (κ2) is 9.80. The molecule has 1 aromatic carbocycles. The molecule has 0 radical (unpaired) electrons. The van der Waals surface area contributed by atoms with Crippen molar-refractivity contribution < 1.29 is 33.4 Å². The standard InChI is InChI=1S/C22H30N2O7/c1-13(2)16(23-20(27)31-22(4,5)6)18(25)24-17(14(3)30-21(24)28)19(26)29-12-15-10-8-7-9-11-15/h7-11,13-14,16-17H,12H2,1-6H3,(H,23,27)/t14-,16+,17+/m1/s1. The molecule has 31 heavy (non-hydrogen) atoms. The van der Waals surface area contributed by atoms with E-state index in [2.05, 4.69) is 5.32 Å². The van der Waals surface area contributed by atoms with Gasteiger partial charge in [0.2, 0.25) is 0 Å². The van der Waals surface area contributed by atoms with E-state index in [9.17, 15) is 19.2 Å². The largest absolute Gasteiger partial charge is 0.459 e. The summed E-state index contributed by atoms with van der Waals surface area (Å²) < 4.78 is 15.7. The van der Waals surface area contributed by atoms with E-state index in [1.807, 2.05) is 6.07 Å². The first-order valence-electron chi connectivity index (χ1n) is 10.1. The molecule has 1 aliphatic heterocycles. The first-order chi connectivity index (χ1) is 14.4. The number of esters is 1. The number of hydrogen-bond acceptors (Lipinski definition) is 7. The Morgan fingerprint density at radius 3 is 2.32 bits per heavy atom. The fourth-order valence-electron chi connectivity index (χ4n) is 3.04. The second-order valence-corrected chi connectivity index (χ2v) is 8.70. The van der Waals surface area contributed by atoms with Gasteiger partial charge in [-0.25, -0.2) is 19.3 Å². The highest BCUT2D eigenvalue weighted by Gasteiger charge is 2.50. The fourth-order valence-corrected chi connectivity index (χ4v) is 3.04. The van der Waals surface area contributed by atoms with Crippen molar-refractivity contribution in [3.05, 3.63) is 35.9 Å². The summed E-state index contributed by atoms with van der Waals surface area (Å²) in [5, 5.41) is 2.49. The molecule has 0 bridgehead atoms. The van der Waals surface area contributed by atoms with E-state index in [-0.39, 0.29) is 12.5 Å². The summed E-state index contributed by atoms with van der Waals surface area (Å²) in [6, 6.07) is 6.66. The quantitative estimate of drug-likeness (QED) is 0.541. The van der Waals surface area contributed by atoms with E-state index in [0.29, 0.717) is 0 Å². The van der Waals surface area contributed by atoms with E-state index >= 15 is 0 Å². The van der Waals surface area contributed by atoms with Crippen LogP contribution in [0.2, 0.25) is 0 Å². The molecule has 3 atom stereocenters. The average molecular weight is 434 g/mol. The lowest BCUT2D eigenvalue weighted by atomic mass is 10.0. The molecule has 0 aliphatic carbocycles. The van der Waals surface area contributed by atoms with Gasteiger partial charge in [0, 0.05) is 0 Å². The van der Waals surface area contributed by atoms with E-state index in [1.54, 1.807) is 58.9 Å². The Bertz CT molecular complexity index is 817. The number of hydrogen-bond donors (Lipinski definition) is 1. The number of nitrogens with one attached hydrogen (secondary N) is 1. The zero-order chi connectivity index (χ0) is 23.3. The van der Waals surface area contributed by atoms with E-state index in [0.717, 1.165) is 10.5 Å². The summed E-state index contributed by atoms with van der Waals surface area (Å²) in [4.78, 5) is 51.2. The van der Waals surface area contributed by atoms with Gasteiger partial charge in [0.15, 0.2) is 6.04 Å². The maximum absolute atomic E-state index is 13.2.